The highest BCUT2D eigenvalue weighted by Gasteiger charge is 2.45. The third kappa shape index (κ3) is 9.20. The van der Waals surface area contributed by atoms with Crippen LogP contribution in [0, 0.1) is 0 Å². The molecule has 2 aromatic carbocycles. The number of fused-ring (bicyclic) bond motifs is 1. The molecule has 2 aliphatic rings. The number of benzene rings is 2. The standard InChI is InChI=1S/C33H35F3N6O9/c34-33(35,36)26-17-28(41(39-26)21-10-5-2-6-11-21)50-19-25(43)23(16-29(45)46)37-30(47)24-12-7-15-40-27(44)14-13-22(31(48)42(24)40)38-32(49)51-18-20-8-3-1-4-9-20/h1-6,8-11,17,22-24,30,37,47H,7,12-16,18-19H2,(H,38,49)(H,45,46). The molecular formula is C33H35F3N6O9. The Kier molecular flexibility index (Phi) is 11.6. The van der Waals surface area contributed by atoms with Gasteiger partial charge in [-0.05, 0) is 37.0 Å². The lowest BCUT2D eigenvalue weighted by atomic mass is 10.0. The molecule has 3 aromatic rings. The number of aliphatic hydroxyl groups is 1. The smallest absolute Gasteiger partial charge is 0.435 e. The predicted molar refractivity (Wildman–Crippen MR) is 169 cm³/mol. The Morgan fingerprint density at radius 3 is 2.37 bits per heavy atom. The minimum absolute atomic E-state index is 0.0611. The van der Waals surface area contributed by atoms with E-state index in [4.69, 9.17) is 9.47 Å². The third-order valence-electron chi connectivity index (χ3n) is 8.24. The SMILES string of the molecule is O=C(O)CC(NC(O)C1CCCN2C(=O)CCC(NC(=O)OCc3ccccc3)C(=O)N12)C(=O)COc1cc(C(F)(F)F)nn1-c1ccccc1. The van der Waals surface area contributed by atoms with Gasteiger partial charge < -0.3 is 25.0 Å². The van der Waals surface area contributed by atoms with Crippen molar-refractivity contribution in [2.24, 2.45) is 0 Å². The molecule has 2 aliphatic heterocycles. The van der Waals surface area contributed by atoms with Gasteiger partial charge in [0, 0.05) is 19.0 Å². The summed E-state index contributed by atoms with van der Waals surface area (Å²) in [6.45, 7) is -0.865. The summed E-state index contributed by atoms with van der Waals surface area (Å²) < 4.78 is 52.0. The highest BCUT2D eigenvalue weighted by molar-refractivity contribution is 5.91. The van der Waals surface area contributed by atoms with Gasteiger partial charge in [0.15, 0.2) is 11.5 Å². The summed E-state index contributed by atoms with van der Waals surface area (Å²) in [7, 11) is 0. The highest BCUT2D eigenvalue weighted by atomic mass is 19.4. The van der Waals surface area contributed by atoms with Crippen LogP contribution in [0.25, 0.3) is 5.69 Å². The van der Waals surface area contributed by atoms with Gasteiger partial charge in [-0.2, -0.15) is 18.3 Å². The molecule has 4 N–H and O–H groups in total. The number of aromatic nitrogens is 2. The van der Waals surface area contributed by atoms with Gasteiger partial charge in [0.05, 0.1) is 24.2 Å². The van der Waals surface area contributed by atoms with Crippen LogP contribution < -0.4 is 15.4 Å². The van der Waals surface area contributed by atoms with Crippen LogP contribution in [-0.4, -0.2) is 97.2 Å². The maximum atomic E-state index is 13.8. The van der Waals surface area contributed by atoms with E-state index in [0.717, 1.165) is 14.7 Å². The van der Waals surface area contributed by atoms with Crippen LogP contribution >= 0.6 is 0 Å². The Labute approximate surface area is 288 Å². The van der Waals surface area contributed by atoms with Gasteiger partial charge in [0.25, 0.3) is 5.91 Å². The zero-order chi connectivity index (χ0) is 36.7. The summed E-state index contributed by atoms with van der Waals surface area (Å²) in [4.78, 5) is 64.5. The molecule has 0 aliphatic carbocycles. The van der Waals surface area contributed by atoms with Crippen LogP contribution in [0.5, 0.6) is 5.88 Å². The summed E-state index contributed by atoms with van der Waals surface area (Å²) in [6, 6.07) is 13.0. The van der Waals surface area contributed by atoms with Crippen LogP contribution in [0.15, 0.2) is 66.7 Å². The quantitative estimate of drug-likeness (QED) is 0.190. The molecule has 0 bridgehead atoms. The minimum Gasteiger partial charge on any atom is -0.481 e. The molecule has 15 nitrogen and oxygen atoms in total. The van der Waals surface area contributed by atoms with Gasteiger partial charge in [-0.25, -0.2) is 14.5 Å². The predicted octanol–water partition coefficient (Wildman–Crippen LogP) is 2.41. The number of alkyl carbamates (subject to hydrolysis) is 1. The average molecular weight is 717 g/mol. The first-order chi connectivity index (χ1) is 24.3. The van der Waals surface area contributed by atoms with Gasteiger partial charge >= 0.3 is 18.2 Å². The summed E-state index contributed by atoms with van der Waals surface area (Å²) in [5.41, 5.74) is -0.391. The lowest BCUT2D eigenvalue weighted by Gasteiger charge is -2.45. The third-order valence-corrected chi connectivity index (χ3v) is 8.24. The zero-order valence-electron chi connectivity index (χ0n) is 27.0. The fourth-order valence-corrected chi connectivity index (χ4v) is 5.76. The van der Waals surface area contributed by atoms with Crippen LogP contribution in [0.3, 0.4) is 0 Å². The Morgan fingerprint density at radius 1 is 1.02 bits per heavy atom. The summed E-state index contributed by atoms with van der Waals surface area (Å²) in [6.07, 6.45) is -8.11. The first-order valence-corrected chi connectivity index (χ1v) is 16.0. The Hall–Kier alpha value is -5.49. The second kappa shape index (κ2) is 16.0. The zero-order valence-corrected chi connectivity index (χ0v) is 27.0. The molecule has 3 heterocycles. The van der Waals surface area contributed by atoms with Crippen molar-refractivity contribution < 1.29 is 56.8 Å². The number of hydrazine groups is 1. The van der Waals surface area contributed by atoms with E-state index in [2.05, 4.69) is 15.7 Å². The van der Waals surface area contributed by atoms with E-state index in [-0.39, 0.29) is 38.1 Å². The van der Waals surface area contributed by atoms with E-state index in [1.165, 1.54) is 12.1 Å². The van der Waals surface area contributed by atoms with Crippen molar-refractivity contribution in [3.63, 3.8) is 0 Å². The van der Waals surface area contributed by atoms with E-state index in [0.29, 0.717) is 18.1 Å². The van der Waals surface area contributed by atoms with E-state index in [1.54, 1.807) is 48.5 Å². The Morgan fingerprint density at radius 2 is 1.71 bits per heavy atom. The number of hydrogen-bond donors (Lipinski definition) is 4. The van der Waals surface area contributed by atoms with Gasteiger partial charge in [-0.1, -0.05) is 48.5 Å². The lowest BCUT2D eigenvalue weighted by molar-refractivity contribution is -0.181. The van der Waals surface area contributed by atoms with Crippen LogP contribution in [0.4, 0.5) is 18.0 Å². The molecule has 0 radical (unpaired) electrons. The number of carboxylic acids is 1. The highest BCUT2D eigenvalue weighted by Crippen LogP contribution is 2.32. The number of halogens is 3. The van der Waals surface area contributed by atoms with Gasteiger partial charge in [-0.3, -0.25) is 29.5 Å². The van der Waals surface area contributed by atoms with Crippen LogP contribution in [0.1, 0.15) is 43.4 Å². The molecule has 1 aromatic heterocycles. The number of para-hydroxylation sites is 1. The summed E-state index contributed by atoms with van der Waals surface area (Å²) >= 11 is 0. The first kappa shape index (κ1) is 36.8. The molecule has 0 saturated carbocycles. The Bertz CT molecular complexity index is 1720. The number of hydrogen-bond acceptors (Lipinski definition) is 10. The topological polar surface area (TPSA) is 193 Å². The van der Waals surface area contributed by atoms with Gasteiger partial charge in [0.2, 0.25) is 11.8 Å². The molecule has 18 heteroatoms. The number of aliphatic carboxylic acids is 1. The molecule has 5 rings (SSSR count). The number of amides is 3. The monoisotopic (exact) mass is 716 g/mol. The number of carboxylic acid groups (broad SMARTS) is 1. The number of nitrogens with one attached hydrogen (secondary N) is 2. The second-order valence-corrected chi connectivity index (χ2v) is 11.8. The fourth-order valence-electron chi connectivity index (χ4n) is 5.76. The number of nitrogens with zero attached hydrogens (tertiary/aromatic N) is 4. The molecule has 4 unspecified atom stereocenters. The van der Waals surface area contributed by atoms with Crippen molar-refractivity contribution in [2.75, 3.05) is 13.2 Å². The van der Waals surface area contributed by atoms with Crippen LogP contribution in [0.2, 0.25) is 0 Å². The lowest BCUT2D eigenvalue weighted by Crippen LogP contribution is -2.66. The number of carbonyl (C=O) groups excluding carboxylic acids is 4. The largest absolute Gasteiger partial charge is 0.481 e. The van der Waals surface area contributed by atoms with E-state index in [1.807, 2.05) is 0 Å². The molecule has 0 spiro atoms. The van der Waals surface area contributed by atoms with Crippen molar-refractivity contribution in [3.8, 4) is 11.6 Å². The van der Waals surface area contributed by atoms with Gasteiger partial charge in [0.1, 0.15) is 25.5 Å². The number of carbonyl (C=O) groups is 5. The molecular weight excluding hydrogens is 681 g/mol. The molecule has 51 heavy (non-hydrogen) atoms. The maximum absolute atomic E-state index is 13.8. The molecule has 2 fully saturated rings. The second-order valence-electron chi connectivity index (χ2n) is 11.8. The number of alkyl halides is 3. The number of rotatable bonds is 13. The van der Waals surface area contributed by atoms with E-state index < -0.39 is 84.8 Å². The first-order valence-electron chi connectivity index (χ1n) is 16.0. The normalized spacial score (nSPS) is 19.1. The molecule has 3 amide bonds. The van der Waals surface area contributed by atoms with Crippen molar-refractivity contribution in [1.82, 2.24) is 30.4 Å². The van der Waals surface area contributed by atoms with Crippen molar-refractivity contribution in [1.29, 1.82) is 0 Å². The molecule has 2 saturated heterocycles. The number of aliphatic hydroxyl groups excluding tert-OH is 1. The number of Topliss-reactive ketones (excluding diaryl/α,β-unsaturated/α-hetero) is 1. The molecule has 4 atom stereocenters. The van der Waals surface area contributed by atoms with E-state index >= 15 is 0 Å². The summed E-state index contributed by atoms with van der Waals surface area (Å²) in [5, 5.41) is 31.5. The maximum Gasteiger partial charge on any atom is 0.435 e. The minimum atomic E-state index is -4.84. The van der Waals surface area contributed by atoms with Crippen molar-refractivity contribution in [2.45, 2.75) is 69.2 Å². The fraction of sp³-hybridized carbons (Fsp3) is 0.394. The molecule has 272 valence electrons. The van der Waals surface area contributed by atoms with Crippen molar-refractivity contribution in [3.05, 3.63) is 78.0 Å². The van der Waals surface area contributed by atoms with Crippen molar-refractivity contribution >= 4 is 29.7 Å². The average Bonchev–Trinajstić information content (AvgIpc) is 3.52. The Balaban J connectivity index is 1.29. The number of ether oxygens (including phenoxy) is 2. The number of ketones is 1. The van der Waals surface area contributed by atoms with Gasteiger partial charge in [-0.15, -0.1) is 0 Å². The van der Waals surface area contributed by atoms with E-state index in [9.17, 15) is 47.4 Å². The summed E-state index contributed by atoms with van der Waals surface area (Å²) in [5.74, 6) is -4.04. The van der Waals surface area contributed by atoms with Crippen LogP contribution in [-0.2, 0) is 36.7 Å².